The molecule has 0 fully saturated rings. The molecule has 0 aromatic carbocycles. The van der Waals surface area contributed by atoms with E-state index in [1.54, 1.807) is 10.9 Å². The van der Waals surface area contributed by atoms with Crippen molar-refractivity contribution in [3.05, 3.63) is 34.2 Å². The van der Waals surface area contributed by atoms with E-state index in [0.717, 1.165) is 15.0 Å². The Morgan fingerprint density at radius 1 is 1.40 bits per heavy atom. The first-order valence-corrected chi connectivity index (χ1v) is 7.29. The number of carbonyl (C=O) groups excluding carboxylic acids is 1. The summed E-state index contributed by atoms with van der Waals surface area (Å²) in [5.41, 5.74) is 1.08. The van der Waals surface area contributed by atoms with Gasteiger partial charge < -0.3 is 4.74 Å². The maximum Gasteiger partial charge on any atom is 0.328 e. The number of hydrogen-bond acceptors (Lipinski definition) is 4. The highest BCUT2D eigenvalue weighted by Crippen LogP contribution is 2.21. The minimum absolute atomic E-state index is 0.0973. The van der Waals surface area contributed by atoms with Gasteiger partial charge in [-0.2, -0.15) is 5.10 Å². The van der Waals surface area contributed by atoms with E-state index in [-0.39, 0.29) is 12.5 Å². The van der Waals surface area contributed by atoms with Gasteiger partial charge >= 0.3 is 5.97 Å². The fourth-order valence-electron chi connectivity index (χ4n) is 1.66. The van der Waals surface area contributed by atoms with Crippen molar-refractivity contribution in [2.45, 2.75) is 32.9 Å². The van der Waals surface area contributed by atoms with Crippen molar-refractivity contribution in [3.8, 4) is 11.4 Å². The van der Waals surface area contributed by atoms with E-state index in [0.29, 0.717) is 0 Å². The molecule has 20 heavy (non-hydrogen) atoms. The SMILES string of the molecule is CC(C)(C)OC(=O)Cn1cc(I)c(-c2ccccn2)n1. The standard InChI is InChI=1S/C14H16IN3O2/c1-14(2,3)20-12(19)9-18-8-10(15)13(17-18)11-6-4-5-7-16-11/h4-8H,9H2,1-3H3. The molecule has 0 saturated carbocycles. The molecule has 106 valence electrons. The van der Waals surface area contributed by atoms with Gasteiger partial charge in [-0.3, -0.25) is 14.5 Å². The molecular weight excluding hydrogens is 369 g/mol. The van der Waals surface area contributed by atoms with Crippen molar-refractivity contribution in [1.82, 2.24) is 14.8 Å². The van der Waals surface area contributed by atoms with Gasteiger partial charge in [-0.1, -0.05) is 6.07 Å². The van der Waals surface area contributed by atoms with Crippen LogP contribution in [0.1, 0.15) is 20.8 Å². The molecule has 0 amide bonds. The maximum atomic E-state index is 11.8. The molecule has 0 aliphatic carbocycles. The average Bonchev–Trinajstić information content (AvgIpc) is 2.68. The Morgan fingerprint density at radius 3 is 2.75 bits per heavy atom. The maximum absolute atomic E-state index is 11.8. The summed E-state index contributed by atoms with van der Waals surface area (Å²) in [6.45, 7) is 5.63. The number of pyridine rings is 1. The van der Waals surface area contributed by atoms with Crippen LogP contribution in [0.2, 0.25) is 0 Å². The lowest BCUT2D eigenvalue weighted by atomic mass is 10.2. The number of hydrogen-bond donors (Lipinski definition) is 0. The van der Waals surface area contributed by atoms with Crippen LogP contribution in [-0.4, -0.2) is 26.3 Å². The Hall–Kier alpha value is -1.44. The number of ether oxygens (including phenoxy) is 1. The predicted molar refractivity (Wildman–Crippen MR) is 84.0 cm³/mol. The molecule has 0 aliphatic heterocycles. The van der Waals surface area contributed by atoms with Crippen molar-refractivity contribution in [2.24, 2.45) is 0 Å². The van der Waals surface area contributed by atoms with Crippen LogP contribution >= 0.6 is 22.6 Å². The van der Waals surface area contributed by atoms with E-state index in [4.69, 9.17) is 4.74 Å². The molecule has 5 nitrogen and oxygen atoms in total. The molecule has 0 bridgehead atoms. The smallest absolute Gasteiger partial charge is 0.328 e. The third kappa shape index (κ3) is 4.03. The zero-order valence-electron chi connectivity index (χ0n) is 11.6. The van der Waals surface area contributed by atoms with Gasteiger partial charge in [0.05, 0.1) is 9.26 Å². The minimum Gasteiger partial charge on any atom is -0.459 e. The Labute approximate surface area is 131 Å². The van der Waals surface area contributed by atoms with Crippen molar-refractivity contribution >= 4 is 28.6 Å². The number of nitrogens with zero attached hydrogens (tertiary/aromatic N) is 3. The second kappa shape index (κ2) is 5.90. The average molecular weight is 385 g/mol. The summed E-state index contributed by atoms with van der Waals surface area (Å²) in [5.74, 6) is -0.302. The largest absolute Gasteiger partial charge is 0.459 e. The lowest BCUT2D eigenvalue weighted by Gasteiger charge is -2.19. The van der Waals surface area contributed by atoms with Crippen molar-refractivity contribution in [2.75, 3.05) is 0 Å². The normalized spacial score (nSPS) is 11.4. The molecule has 2 heterocycles. The Kier molecular flexibility index (Phi) is 4.42. The van der Waals surface area contributed by atoms with Gasteiger partial charge in [0, 0.05) is 12.4 Å². The van der Waals surface area contributed by atoms with Gasteiger partial charge in [-0.05, 0) is 55.5 Å². The fraction of sp³-hybridized carbons (Fsp3) is 0.357. The molecule has 0 saturated heterocycles. The second-order valence-corrected chi connectivity index (χ2v) is 6.49. The first-order chi connectivity index (χ1) is 9.35. The predicted octanol–water partition coefficient (Wildman–Crippen LogP) is 2.89. The first-order valence-electron chi connectivity index (χ1n) is 6.21. The number of aromatic nitrogens is 3. The Balaban J connectivity index is 2.14. The van der Waals surface area contributed by atoms with Crippen LogP contribution in [0.25, 0.3) is 11.4 Å². The van der Waals surface area contributed by atoms with Gasteiger partial charge in [0.15, 0.2) is 0 Å². The van der Waals surface area contributed by atoms with Gasteiger partial charge in [-0.15, -0.1) is 0 Å². The monoisotopic (exact) mass is 385 g/mol. The number of halogens is 1. The number of rotatable bonds is 3. The van der Waals surface area contributed by atoms with Crippen molar-refractivity contribution < 1.29 is 9.53 Å². The van der Waals surface area contributed by atoms with E-state index in [1.165, 1.54) is 0 Å². The topological polar surface area (TPSA) is 57.0 Å². The summed E-state index contributed by atoms with van der Waals surface area (Å²) in [6.07, 6.45) is 3.53. The van der Waals surface area contributed by atoms with Crippen LogP contribution in [0, 0.1) is 3.57 Å². The molecule has 2 aromatic rings. The van der Waals surface area contributed by atoms with Crippen molar-refractivity contribution in [1.29, 1.82) is 0 Å². The summed E-state index contributed by atoms with van der Waals surface area (Å²) in [7, 11) is 0. The van der Waals surface area contributed by atoms with Gasteiger partial charge in [-0.25, -0.2) is 0 Å². The van der Waals surface area contributed by atoms with Crippen LogP contribution in [0.4, 0.5) is 0 Å². The molecule has 0 unspecified atom stereocenters. The highest BCUT2D eigenvalue weighted by Gasteiger charge is 2.18. The Morgan fingerprint density at radius 2 is 2.15 bits per heavy atom. The van der Waals surface area contributed by atoms with Crippen LogP contribution in [0.5, 0.6) is 0 Å². The summed E-state index contributed by atoms with van der Waals surface area (Å²) in [5, 5.41) is 4.40. The molecule has 2 aromatic heterocycles. The minimum atomic E-state index is -0.485. The zero-order valence-corrected chi connectivity index (χ0v) is 13.8. The summed E-state index contributed by atoms with van der Waals surface area (Å²) in [6, 6.07) is 5.65. The van der Waals surface area contributed by atoms with E-state index in [2.05, 4.69) is 32.7 Å². The molecule has 6 heteroatoms. The third-order valence-corrected chi connectivity index (χ3v) is 3.13. The number of carbonyl (C=O) groups is 1. The third-order valence-electron chi connectivity index (χ3n) is 2.34. The Bertz CT molecular complexity index is 603. The summed E-state index contributed by atoms with van der Waals surface area (Å²) >= 11 is 2.18. The lowest BCUT2D eigenvalue weighted by Crippen LogP contribution is -2.26. The molecular formula is C14H16IN3O2. The molecule has 0 radical (unpaired) electrons. The highest BCUT2D eigenvalue weighted by molar-refractivity contribution is 14.1. The van der Waals surface area contributed by atoms with Gasteiger partial charge in [0.2, 0.25) is 0 Å². The second-order valence-electron chi connectivity index (χ2n) is 5.32. The number of esters is 1. The highest BCUT2D eigenvalue weighted by atomic mass is 127. The summed E-state index contributed by atoms with van der Waals surface area (Å²) < 4.78 is 7.81. The zero-order chi connectivity index (χ0) is 14.8. The summed E-state index contributed by atoms with van der Waals surface area (Å²) in [4.78, 5) is 16.0. The van der Waals surface area contributed by atoms with E-state index in [9.17, 15) is 4.79 Å². The van der Waals surface area contributed by atoms with E-state index in [1.807, 2.05) is 45.2 Å². The molecule has 0 N–H and O–H groups in total. The molecule has 0 atom stereocenters. The van der Waals surface area contributed by atoms with Crippen LogP contribution in [0.15, 0.2) is 30.6 Å². The molecule has 0 aliphatic rings. The lowest BCUT2D eigenvalue weighted by molar-refractivity contribution is -0.155. The quantitative estimate of drug-likeness (QED) is 0.602. The first kappa shape index (κ1) is 15.0. The fourth-order valence-corrected chi connectivity index (χ4v) is 2.37. The van der Waals surface area contributed by atoms with Gasteiger partial charge in [0.1, 0.15) is 17.8 Å². The van der Waals surface area contributed by atoms with Crippen LogP contribution < -0.4 is 0 Å². The van der Waals surface area contributed by atoms with E-state index >= 15 is 0 Å². The molecule has 2 rings (SSSR count). The van der Waals surface area contributed by atoms with Crippen LogP contribution in [0.3, 0.4) is 0 Å². The van der Waals surface area contributed by atoms with Crippen LogP contribution in [-0.2, 0) is 16.1 Å². The molecule has 0 spiro atoms. The van der Waals surface area contributed by atoms with Gasteiger partial charge in [0.25, 0.3) is 0 Å². The van der Waals surface area contributed by atoms with Crippen molar-refractivity contribution in [3.63, 3.8) is 0 Å². The van der Waals surface area contributed by atoms with E-state index < -0.39 is 5.60 Å².